The van der Waals surface area contributed by atoms with Crippen LogP contribution in [-0.4, -0.2) is 17.7 Å². The van der Waals surface area contributed by atoms with E-state index in [1.807, 2.05) is 0 Å². The average molecular weight is 477 g/mol. The molecule has 3 rings (SSSR count). The molecule has 1 aliphatic rings. The van der Waals surface area contributed by atoms with E-state index >= 15 is 0 Å². The van der Waals surface area contributed by atoms with Gasteiger partial charge in [0, 0.05) is 10.9 Å². The highest BCUT2D eigenvalue weighted by Gasteiger charge is 2.35. The third kappa shape index (κ3) is 5.70. The maximum absolute atomic E-state index is 13.3. The number of carbonyl (C=O) groups excluding carboxylic acids is 3. The van der Waals surface area contributed by atoms with E-state index in [0.717, 1.165) is 25.7 Å². The maximum Gasteiger partial charge on any atom is 0.387 e. The van der Waals surface area contributed by atoms with Crippen molar-refractivity contribution in [3.05, 3.63) is 69.2 Å². The molecule has 0 aromatic heterocycles. The average Bonchev–Trinajstić information content (AvgIpc) is 2.76. The van der Waals surface area contributed by atoms with E-state index in [1.54, 1.807) is 24.3 Å². The standard InChI is InChI=1S/C25H26Cl2O5/c1-25(2,3)17-12-10-15(11-13-17)22(28)21-19(8-5-9-20(21)27)24(30)32-31-23(29)16-6-4-7-18(26)14-16/h4-9,14-15,17H,10-13H2,1-3H3. The SMILES string of the molecule is CC(C)(C)C1CCC(C(=O)c2c(Cl)cccc2C(=O)OOC(=O)c2cccc(Cl)c2)CC1. The molecule has 1 saturated carbocycles. The Hall–Kier alpha value is -2.37. The van der Waals surface area contributed by atoms with Crippen LogP contribution in [0.5, 0.6) is 0 Å². The highest BCUT2D eigenvalue weighted by Crippen LogP contribution is 2.41. The van der Waals surface area contributed by atoms with Crippen molar-refractivity contribution in [3.63, 3.8) is 0 Å². The van der Waals surface area contributed by atoms with Crippen LogP contribution in [0.2, 0.25) is 10.0 Å². The predicted octanol–water partition coefficient (Wildman–Crippen LogP) is 6.96. The number of rotatable bonds is 4. The number of benzene rings is 2. The number of halogens is 2. The summed E-state index contributed by atoms with van der Waals surface area (Å²) in [6.45, 7) is 6.64. The van der Waals surface area contributed by atoms with E-state index in [-0.39, 0.29) is 38.8 Å². The minimum absolute atomic E-state index is 0.0284. The van der Waals surface area contributed by atoms with Gasteiger partial charge in [0.1, 0.15) is 0 Å². The molecule has 32 heavy (non-hydrogen) atoms. The van der Waals surface area contributed by atoms with Crippen LogP contribution in [0.25, 0.3) is 0 Å². The lowest BCUT2D eigenvalue weighted by atomic mass is 9.68. The first kappa shape index (κ1) is 24.3. The van der Waals surface area contributed by atoms with Gasteiger partial charge in [-0.15, -0.1) is 0 Å². The molecule has 0 bridgehead atoms. The summed E-state index contributed by atoms with van der Waals surface area (Å²) in [4.78, 5) is 47.5. The summed E-state index contributed by atoms with van der Waals surface area (Å²) in [5.74, 6) is -1.69. The third-order valence-electron chi connectivity index (χ3n) is 6.06. The Morgan fingerprint density at radius 3 is 2.12 bits per heavy atom. The molecule has 0 aliphatic heterocycles. The fourth-order valence-corrected chi connectivity index (χ4v) is 4.61. The summed E-state index contributed by atoms with van der Waals surface area (Å²) in [6.07, 6.45) is 3.37. The van der Waals surface area contributed by atoms with Gasteiger partial charge in [-0.05, 0) is 67.3 Å². The smallest absolute Gasteiger partial charge is 0.294 e. The summed E-state index contributed by atoms with van der Waals surface area (Å²) >= 11 is 12.2. The van der Waals surface area contributed by atoms with Crippen LogP contribution in [-0.2, 0) is 9.78 Å². The molecule has 0 spiro atoms. The van der Waals surface area contributed by atoms with Crippen LogP contribution >= 0.6 is 23.2 Å². The van der Waals surface area contributed by atoms with Crippen LogP contribution in [0.4, 0.5) is 0 Å². The molecule has 0 unspecified atom stereocenters. The molecule has 1 aliphatic carbocycles. The molecule has 0 N–H and O–H groups in total. The van der Waals surface area contributed by atoms with Crippen LogP contribution < -0.4 is 0 Å². The van der Waals surface area contributed by atoms with Gasteiger partial charge in [0.2, 0.25) is 0 Å². The van der Waals surface area contributed by atoms with E-state index in [0.29, 0.717) is 10.9 Å². The van der Waals surface area contributed by atoms with Gasteiger partial charge in [0.05, 0.1) is 21.7 Å². The van der Waals surface area contributed by atoms with Gasteiger partial charge in [-0.25, -0.2) is 19.4 Å². The van der Waals surface area contributed by atoms with Crippen molar-refractivity contribution >= 4 is 40.9 Å². The van der Waals surface area contributed by atoms with Crippen molar-refractivity contribution in [2.45, 2.75) is 46.5 Å². The highest BCUT2D eigenvalue weighted by molar-refractivity contribution is 6.35. The zero-order chi connectivity index (χ0) is 23.5. The van der Waals surface area contributed by atoms with Crippen molar-refractivity contribution in [3.8, 4) is 0 Å². The van der Waals surface area contributed by atoms with E-state index in [9.17, 15) is 14.4 Å². The van der Waals surface area contributed by atoms with Gasteiger partial charge >= 0.3 is 11.9 Å². The van der Waals surface area contributed by atoms with Crippen LogP contribution in [0.1, 0.15) is 77.5 Å². The van der Waals surface area contributed by atoms with Crippen LogP contribution in [0.3, 0.4) is 0 Å². The second kappa shape index (κ2) is 10.1. The Morgan fingerprint density at radius 1 is 0.875 bits per heavy atom. The lowest BCUT2D eigenvalue weighted by Gasteiger charge is -2.36. The van der Waals surface area contributed by atoms with Gasteiger partial charge in [-0.3, -0.25) is 4.79 Å². The lowest BCUT2D eigenvalue weighted by Crippen LogP contribution is -2.29. The Kier molecular flexibility index (Phi) is 7.63. The van der Waals surface area contributed by atoms with Gasteiger partial charge in [-0.2, -0.15) is 0 Å². The first-order valence-corrected chi connectivity index (χ1v) is 11.3. The van der Waals surface area contributed by atoms with E-state index in [4.69, 9.17) is 28.1 Å². The Balaban J connectivity index is 1.72. The minimum Gasteiger partial charge on any atom is -0.294 e. The fourth-order valence-electron chi connectivity index (χ4n) is 4.15. The zero-order valence-corrected chi connectivity index (χ0v) is 19.8. The maximum atomic E-state index is 13.3. The Morgan fingerprint density at radius 2 is 1.50 bits per heavy atom. The summed E-state index contributed by atoms with van der Waals surface area (Å²) in [5, 5.41) is 0.512. The van der Waals surface area contributed by atoms with Gasteiger partial charge in [0.25, 0.3) is 0 Å². The first-order chi connectivity index (χ1) is 15.1. The minimum atomic E-state index is -0.963. The molecule has 2 aromatic rings. The molecule has 0 amide bonds. The summed E-state index contributed by atoms with van der Waals surface area (Å²) < 4.78 is 0. The van der Waals surface area contributed by atoms with E-state index in [2.05, 4.69) is 25.7 Å². The number of Topliss-reactive ketones (excluding diaryl/α,β-unsaturated/α-hetero) is 1. The quantitative estimate of drug-likeness (QED) is 0.271. The molecule has 2 aromatic carbocycles. The van der Waals surface area contributed by atoms with Gasteiger partial charge < -0.3 is 0 Å². The van der Waals surface area contributed by atoms with Crippen molar-refractivity contribution < 1.29 is 24.2 Å². The van der Waals surface area contributed by atoms with Crippen LogP contribution in [0, 0.1) is 17.3 Å². The molecule has 0 atom stereocenters. The summed E-state index contributed by atoms with van der Waals surface area (Å²) in [6, 6.07) is 10.6. The first-order valence-electron chi connectivity index (χ1n) is 10.6. The molecule has 1 fully saturated rings. The third-order valence-corrected chi connectivity index (χ3v) is 6.61. The summed E-state index contributed by atoms with van der Waals surface area (Å²) in [5.41, 5.74) is 0.403. The molecule has 0 heterocycles. The molecule has 5 nitrogen and oxygen atoms in total. The van der Waals surface area contributed by atoms with Crippen molar-refractivity contribution in [1.29, 1.82) is 0 Å². The van der Waals surface area contributed by atoms with Gasteiger partial charge in [0.15, 0.2) is 5.78 Å². The normalized spacial score (nSPS) is 18.7. The largest absolute Gasteiger partial charge is 0.387 e. The highest BCUT2D eigenvalue weighted by atomic mass is 35.5. The molecule has 0 saturated heterocycles. The Bertz CT molecular complexity index is 1020. The second-order valence-electron chi connectivity index (χ2n) is 9.19. The van der Waals surface area contributed by atoms with Crippen molar-refractivity contribution in [2.75, 3.05) is 0 Å². The predicted molar refractivity (Wildman–Crippen MR) is 123 cm³/mol. The molecule has 0 radical (unpaired) electrons. The van der Waals surface area contributed by atoms with E-state index in [1.165, 1.54) is 18.2 Å². The van der Waals surface area contributed by atoms with Crippen LogP contribution in [0.15, 0.2) is 42.5 Å². The fraction of sp³-hybridized carbons (Fsp3) is 0.400. The Labute approximate surface area is 197 Å². The van der Waals surface area contributed by atoms with Crippen molar-refractivity contribution in [1.82, 2.24) is 0 Å². The number of hydrogen-bond donors (Lipinski definition) is 0. The topological polar surface area (TPSA) is 69.7 Å². The van der Waals surface area contributed by atoms with Gasteiger partial charge in [-0.1, -0.05) is 56.1 Å². The van der Waals surface area contributed by atoms with E-state index < -0.39 is 11.9 Å². The summed E-state index contributed by atoms with van der Waals surface area (Å²) in [7, 11) is 0. The van der Waals surface area contributed by atoms with Crippen molar-refractivity contribution in [2.24, 2.45) is 17.3 Å². The monoisotopic (exact) mass is 476 g/mol. The molecule has 7 heteroatoms. The molecule has 170 valence electrons. The number of hydrogen-bond acceptors (Lipinski definition) is 5. The molecular weight excluding hydrogens is 451 g/mol. The second-order valence-corrected chi connectivity index (χ2v) is 10.0. The lowest BCUT2D eigenvalue weighted by molar-refractivity contribution is -0.187. The molecular formula is C25H26Cl2O5. The number of carbonyl (C=O) groups is 3. The zero-order valence-electron chi connectivity index (χ0n) is 18.3. The number of ketones is 1.